The number of ether oxygens (including phenoxy) is 1. The molecule has 20 heavy (non-hydrogen) atoms. The number of hydrogen-bond donors (Lipinski definition) is 1. The van der Waals surface area contributed by atoms with Crippen LogP contribution in [0, 0.1) is 5.92 Å². The quantitative estimate of drug-likeness (QED) is 0.861. The number of aromatic nitrogens is 2. The van der Waals surface area contributed by atoms with Crippen molar-refractivity contribution < 1.29 is 4.74 Å². The van der Waals surface area contributed by atoms with Crippen LogP contribution in [-0.2, 0) is 17.7 Å². The van der Waals surface area contributed by atoms with Gasteiger partial charge in [-0.25, -0.2) is 4.98 Å². The normalized spacial score (nSPS) is 18.5. The molecule has 2 heterocycles. The second-order valence-electron chi connectivity index (χ2n) is 5.76. The number of rotatable bonds is 6. The average Bonchev–Trinajstić information content (AvgIpc) is 2.88. The SMILES string of the molecule is CCc1cn(CCOC)c(N2CCC(C(C)N)CC2)n1. The van der Waals surface area contributed by atoms with Crippen LogP contribution in [-0.4, -0.2) is 42.4 Å². The van der Waals surface area contributed by atoms with Crippen molar-refractivity contribution in [3.05, 3.63) is 11.9 Å². The van der Waals surface area contributed by atoms with Gasteiger partial charge in [-0.15, -0.1) is 0 Å². The van der Waals surface area contributed by atoms with E-state index in [4.69, 9.17) is 15.5 Å². The minimum absolute atomic E-state index is 0.302. The largest absolute Gasteiger partial charge is 0.383 e. The Morgan fingerprint density at radius 2 is 2.15 bits per heavy atom. The van der Waals surface area contributed by atoms with Crippen molar-refractivity contribution in [2.75, 3.05) is 31.7 Å². The van der Waals surface area contributed by atoms with Gasteiger partial charge in [0.25, 0.3) is 0 Å². The maximum absolute atomic E-state index is 6.02. The summed E-state index contributed by atoms with van der Waals surface area (Å²) in [6.45, 7) is 7.97. The highest BCUT2D eigenvalue weighted by atomic mass is 16.5. The van der Waals surface area contributed by atoms with Gasteiger partial charge in [0.2, 0.25) is 5.95 Å². The molecule has 1 aliphatic heterocycles. The molecule has 1 unspecified atom stereocenters. The number of piperidine rings is 1. The van der Waals surface area contributed by atoms with E-state index in [2.05, 4.69) is 29.5 Å². The predicted octanol–water partition coefficient (Wildman–Crippen LogP) is 1.66. The Labute approximate surface area is 122 Å². The third kappa shape index (κ3) is 3.52. The number of nitrogens with zero attached hydrogens (tertiary/aromatic N) is 3. The van der Waals surface area contributed by atoms with Crippen LogP contribution in [0.5, 0.6) is 0 Å². The fraction of sp³-hybridized carbons (Fsp3) is 0.800. The first-order valence-corrected chi connectivity index (χ1v) is 7.71. The third-order valence-electron chi connectivity index (χ3n) is 4.27. The van der Waals surface area contributed by atoms with E-state index < -0.39 is 0 Å². The van der Waals surface area contributed by atoms with Gasteiger partial charge in [0.15, 0.2) is 0 Å². The monoisotopic (exact) mass is 280 g/mol. The number of imidazole rings is 1. The van der Waals surface area contributed by atoms with Crippen LogP contribution >= 0.6 is 0 Å². The van der Waals surface area contributed by atoms with Gasteiger partial charge in [-0.2, -0.15) is 0 Å². The molecule has 1 aromatic rings. The van der Waals surface area contributed by atoms with Crippen molar-refractivity contribution in [1.29, 1.82) is 0 Å². The van der Waals surface area contributed by atoms with Crippen LogP contribution in [0.4, 0.5) is 5.95 Å². The summed E-state index contributed by atoms with van der Waals surface area (Å²) in [5.41, 5.74) is 7.17. The number of aryl methyl sites for hydroxylation is 1. The lowest BCUT2D eigenvalue weighted by Crippen LogP contribution is -2.40. The van der Waals surface area contributed by atoms with E-state index in [0.717, 1.165) is 57.1 Å². The molecule has 0 spiro atoms. The Bertz CT molecular complexity index is 408. The van der Waals surface area contributed by atoms with Gasteiger partial charge in [-0.05, 0) is 32.1 Å². The van der Waals surface area contributed by atoms with Crippen molar-refractivity contribution in [2.24, 2.45) is 11.7 Å². The summed E-state index contributed by atoms with van der Waals surface area (Å²) < 4.78 is 7.43. The highest BCUT2D eigenvalue weighted by molar-refractivity contribution is 5.34. The molecule has 0 radical (unpaired) electrons. The molecule has 0 saturated carbocycles. The van der Waals surface area contributed by atoms with Crippen LogP contribution in [0.3, 0.4) is 0 Å². The van der Waals surface area contributed by atoms with Crippen molar-refractivity contribution in [1.82, 2.24) is 9.55 Å². The number of nitrogens with two attached hydrogens (primary N) is 1. The van der Waals surface area contributed by atoms with E-state index in [9.17, 15) is 0 Å². The molecule has 1 aliphatic rings. The van der Waals surface area contributed by atoms with Gasteiger partial charge < -0.3 is 19.9 Å². The lowest BCUT2D eigenvalue weighted by atomic mass is 9.91. The predicted molar refractivity (Wildman–Crippen MR) is 82.1 cm³/mol. The second kappa shape index (κ2) is 7.09. The number of anilines is 1. The Hall–Kier alpha value is -1.07. The van der Waals surface area contributed by atoms with Crippen molar-refractivity contribution in [3.63, 3.8) is 0 Å². The van der Waals surface area contributed by atoms with Crippen molar-refractivity contribution >= 4 is 5.95 Å². The van der Waals surface area contributed by atoms with Gasteiger partial charge in [-0.3, -0.25) is 0 Å². The fourth-order valence-corrected chi connectivity index (χ4v) is 2.86. The van der Waals surface area contributed by atoms with Crippen LogP contribution in [0.2, 0.25) is 0 Å². The lowest BCUT2D eigenvalue weighted by Gasteiger charge is -2.34. The van der Waals surface area contributed by atoms with E-state index in [1.165, 1.54) is 0 Å². The zero-order valence-corrected chi connectivity index (χ0v) is 13.0. The molecule has 0 amide bonds. The van der Waals surface area contributed by atoms with Gasteiger partial charge in [0.05, 0.1) is 12.3 Å². The Morgan fingerprint density at radius 3 is 2.70 bits per heavy atom. The standard InChI is InChI=1S/C15H28N4O/c1-4-14-11-19(9-10-20-3)15(17-14)18-7-5-13(6-8-18)12(2)16/h11-13H,4-10,16H2,1-3H3. The molecule has 2 N–H and O–H groups in total. The number of hydrogen-bond acceptors (Lipinski definition) is 4. The molecular formula is C15H28N4O. The first-order chi connectivity index (χ1) is 9.65. The summed E-state index contributed by atoms with van der Waals surface area (Å²) in [6, 6.07) is 0.302. The van der Waals surface area contributed by atoms with Gasteiger partial charge >= 0.3 is 0 Å². The molecule has 0 bridgehead atoms. The Balaban J connectivity index is 2.06. The third-order valence-corrected chi connectivity index (χ3v) is 4.27. The maximum Gasteiger partial charge on any atom is 0.205 e. The fourth-order valence-electron chi connectivity index (χ4n) is 2.86. The molecule has 1 aromatic heterocycles. The van der Waals surface area contributed by atoms with Crippen LogP contribution in [0.25, 0.3) is 0 Å². The van der Waals surface area contributed by atoms with Crippen molar-refractivity contribution in [3.8, 4) is 0 Å². The van der Waals surface area contributed by atoms with E-state index in [1.807, 2.05) is 0 Å². The van der Waals surface area contributed by atoms with Crippen LogP contribution < -0.4 is 10.6 Å². The maximum atomic E-state index is 6.02. The lowest BCUT2D eigenvalue weighted by molar-refractivity contribution is 0.187. The molecule has 1 saturated heterocycles. The molecule has 1 fully saturated rings. The second-order valence-corrected chi connectivity index (χ2v) is 5.76. The highest BCUT2D eigenvalue weighted by Gasteiger charge is 2.24. The molecule has 2 rings (SSSR count). The first-order valence-electron chi connectivity index (χ1n) is 7.71. The van der Waals surface area contributed by atoms with Gasteiger partial charge in [0.1, 0.15) is 0 Å². The summed E-state index contributed by atoms with van der Waals surface area (Å²) in [5, 5.41) is 0. The summed E-state index contributed by atoms with van der Waals surface area (Å²) >= 11 is 0. The first kappa shape index (κ1) is 15.3. The minimum Gasteiger partial charge on any atom is -0.383 e. The summed E-state index contributed by atoms with van der Waals surface area (Å²) in [6.07, 6.45) is 5.46. The zero-order valence-electron chi connectivity index (χ0n) is 13.0. The van der Waals surface area contributed by atoms with Crippen LogP contribution in [0.15, 0.2) is 6.20 Å². The number of methoxy groups -OCH3 is 1. The van der Waals surface area contributed by atoms with Crippen molar-refractivity contribution in [2.45, 2.75) is 45.7 Å². The van der Waals surface area contributed by atoms with Crippen LogP contribution in [0.1, 0.15) is 32.4 Å². The van der Waals surface area contributed by atoms with Gasteiger partial charge in [0, 0.05) is 39.0 Å². The van der Waals surface area contributed by atoms with Gasteiger partial charge in [-0.1, -0.05) is 6.92 Å². The minimum atomic E-state index is 0.302. The van der Waals surface area contributed by atoms with E-state index in [0.29, 0.717) is 12.0 Å². The van der Waals surface area contributed by atoms with E-state index >= 15 is 0 Å². The Kier molecular flexibility index (Phi) is 5.43. The molecule has 1 atom stereocenters. The molecule has 5 nitrogen and oxygen atoms in total. The summed E-state index contributed by atoms with van der Waals surface area (Å²) in [5.74, 6) is 1.75. The zero-order chi connectivity index (χ0) is 14.5. The average molecular weight is 280 g/mol. The van der Waals surface area contributed by atoms with E-state index in [-0.39, 0.29) is 0 Å². The molecule has 0 aliphatic carbocycles. The highest BCUT2D eigenvalue weighted by Crippen LogP contribution is 2.24. The molecule has 0 aromatic carbocycles. The molecule has 5 heteroatoms. The summed E-state index contributed by atoms with van der Waals surface area (Å²) in [4.78, 5) is 7.17. The molecular weight excluding hydrogens is 252 g/mol. The topological polar surface area (TPSA) is 56.3 Å². The molecule has 114 valence electrons. The smallest absolute Gasteiger partial charge is 0.205 e. The van der Waals surface area contributed by atoms with E-state index in [1.54, 1.807) is 7.11 Å². The Morgan fingerprint density at radius 1 is 1.45 bits per heavy atom. The summed E-state index contributed by atoms with van der Waals surface area (Å²) in [7, 11) is 1.74.